The van der Waals surface area contributed by atoms with Crippen LogP contribution < -0.4 is 0 Å². The van der Waals surface area contributed by atoms with Gasteiger partial charge in [0.15, 0.2) is 0 Å². The van der Waals surface area contributed by atoms with Crippen molar-refractivity contribution in [2.45, 2.75) is 60.3 Å². The van der Waals surface area contributed by atoms with Crippen LogP contribution in [0, 0.1) is 0 Å². The SMILES string of the molecule is CCCCN(CCCC)O[Si](OCC)(OCC)OCC. The second-order valence-corrected chi connectivity index (χ2v) is 6.58. The van der Waals surface area contributed by atoms with Gasteiger partial charge in [0.25, 0.3) is 0 Å². The van der Waals surface area contributed by atoms with Crippen LogP contribution in [0.5, 0.6) is 0 Å². The lowest BCUT2D eigenvalue weighted by Gasteiger charge is -2.32. The molecule has 20 heavy (non-hydrogen) atoms. The van der Waals surface area contributed by atoms with Gasteiger partial charge in [0, 0.05) is 32.9 Å². The molecule has 0 aliphatic carbocycles. The molecule has 0 spiro atoms. The first-order valence-electron chi connectivity index (χ1n) is 8.03. The normalized spacial score (nSPS) is 12.3. The van der Waals surface area contributed by atoms with Gasteiger partial charge >= 0.3 is 9.05 Å². The highest BCUT2D eigenvalue weighted by Gasteiger charge is 2.47. The Morgan fingerprint density at radius 2 is 1.10 bits per heavy atom. The van der Waals surface area contributed by atoms with Crippen molar-refractivity contribution in [1.29, 1.82) is 0 Å². The average molecular weight is 308 g/mol. The third-order valence-corrected chi connectivity index (χ3v) is 5.13. The van der Waals surface area contributed by atoms with Crippen LogP contribution in [-0.4, -0.2) is 47.0 Å². The molecule has 0 fully saturated rings. The van der Waals surface area contributed by atoms with E-state index < -0.39 is 9.05 Å². The van der Waals surface area contributed by atoms with E-state index in [4.69, 9.17) is 17.8 Å². The minimum Gasteiger partial charge on any atom is -0.351 e. The Morgan fingerprint density at radius 3 is 1.40 bits per heavy atom. The van der Waals surface area contributed by atoms with Crippen molar-refractivity contribution in [2.24, 2.45) is 0 Å². The molecule has 0 aromatic carbocycles. The van der Waals surface area contributed by atoms with E-state index in [1.807, 2.05) is 25.8 Å². The van der Waals surface area contributed by atoms with Crippen LogP contribution in [0.4, 0.5) is 0 Å². The van der Waals surface area contributed by atoms with Gasteiger partial charge in [0.1, 0.15) is 0 Å². The highest BCUT2D eigenvalue weighted by atomic mass is 28.4. The zero-order chi connectivity index (χ0) is 15.3. The standard InChI is InChI=1S/C14H33NO4Si/c1-6-11-13-15(14-12-7-2)19-20(16-8-3,17-9-4)18-10-5/h6-14H2,1-5H3. The number of hydroxylamine groups is 2. The average Bonchev–Trinajstić information content (AvgIpc) is 2.42. The Kier molecular flexibility index (Phi) is 12.7. The number of unbranched alkanes of at least 4 members (excludes halogenated alkanes) is 2. The monoisotopic (exact) mass is 307 g/mol. The van der Waals surface area contributed by atoms with E-state index in [9.17, 15) is 0 Å². The summed E-state index contributed by atoms with van der Waals surface area (Å²) in [5.74, 6) is 0. The third kappa shape index (κ3) is 8.34. The van der Waals surface area contributed by atoms with Gasteiger partial charge in [-0.25, -0.2) is 0 Å². The third-order valence-electron chi connectivity index (χ3n) is 2.73. The summed E-state index contributed by atoms with van der Waals surface area (Å²) in [6.07, 6.45) is 4.47. The maximum atomic E-state index is 6.07. The second-order valence-electron chi connectivity index (χ2n) is 4.53. The molecule has 0 saturated heterocycles. The maximum Gasteiger partial charge on any atom is 0.697 e. The molecule has 0 bridgehead atoms. The summed E-state index contributed by atoms with van der Waals surface area (Å²) >= 11 is 0. The summed E-state index contributed by atoms with van der Waals surface area (Å²) in [6.45, 7) is 13.5. The Hall–Kier alpha value is 0.0169. The molecular weight excluding hydrogens is 274 g/mol. The van der Waals surface area contributed by atoms with E-state index in [1.54, 1.807) is 0 Å². The van der Waals surface area contributed by atoms with Gasteiger partial charge in [-0.2, -0.15) is 5.06 Å². The smallest absolute Gasteiger partial charge is 0.351 e. The molecule has 0 saturated carbocycles. The molecule has 6 heteroatoms. The Labute approximate surface area is 126 Å². The van der Waals surface area contributed by atoms with Crippen LogP contribution >= 0.6 is 0 Å². The predicted octanol–water partition coefficient (Wildman–Crippen LogP) is 3.37. The van der Waals surface area contributed by atoms with Gasteiger partial charge in [-0.1, -0.05) is 26.7 Å². The van der Waals surface area contributed by atoms with Crippen molar-refractivity contribution in [1.82, 2.24) is 5.06 Å². The molecule has 0 rings (SSSR count). The summed E-state index contributed by atoms with van der Waals surface area (Å²) < 4.78 is 23.3. The van der Waals surface area contributed by atoms with Crippen molar-refractivity contribution in [3.05, 3.63) is 0 Å². The quantitative estimate of drug-likeness (QED) is 0.363. The summed E-state index contributed by atoms with van der Waals surface area (Å²) in [6, 6.07) is 0. The Balaban J connectivity index is 4.71. The molecular formula is C14H33NO4Si. The van der Waals surface area contributed by atoms with E-state index >= 15 is 0 Å². The van der Waals surface area contributed by atoms with Crippen LogP contribution in [0.25, 0.3) is 0 Å². The first-order chi connectivity index (χ1) is 9.67. The molecule has 0 N–H and O–H groups in total. The fraction of sp³-hybridized carbons (Fsp3) is 1.00. The minimum absolute atomic E-state index is 0.529. The Morgan fingerprint density at radius 1 is 0.700 bits per heavy atom. The van der Waals surface area contributed by atoms with Gasteiger partial charge in [0.2, 0.25) is 0 Å². The first-order valence-corrected chi connectivity index (χ1v) is 9.67. The van der Waals surface area contributed by atoms with Crippen molar-refractivity contribution >= 4 is 9.05 Å². The van der Waals surface area contributed by atoms with Gasteiger partial charge in [-0.05, 0) is 33.6 Å². The fourth-order valence-corrected chi connectivity index (χ4v) is 3.73. The molecule has 5 nitrogen and oxygen atoms in total. The number of rotatable bonds is 14. The number of hydrogen-bond donors (Lipinski definition) is 0. The van der Waals surface area contributed by atoms with E-state index in [-0.39, 0.29) is 0 Å². The molecule has 0 atom stereocenters. The van der Waals surface area contributed by atoms with Crippen molar-refractivity contribution in [3.8, 4) is 0 Å². The van der Waals surface area contributed by atoms with Crippen LogP contribution in [0.3, 0.4) is 0 Å². The van der Waals surface area contributed by atoms with E-state index in [1.165, 1.54) is 0 Å². The van der Waals surface area contributed by atoms with Crippen LogP contribution in [-0.2, 0) is 17.8 Å². The topological polar surface area (TPSA) is 40.2 Å². The number of nitrogens with zero attached hydrogens (tertiary/aromatic N) is 1. The summed E-state index contributed by atoms with van der Waals surface area (Å²) in [5, 5.41) is 1.97. The van der Waals surface area contributed by atoms with Gasteiger partial charge in [-0.15, -0.1) is 0 Å². The molecule has 122 valence electrons. The molecule has 0 aliphatic heterocycles. The summed E-state index contributed by atoms with van der Waals surface area (Å²) in [7, 11) is -3.03. The first kappa shape index (κ1) is 20.0. The van der Waals surface area contributed by atoms with Gasteiger partial charge in [0.05, 0.1) is 0 Å². The molecule has 0 aromatic rings. The zero-order valence-corrected chi connectivity index (χ0v) is 14.9. The van der Waals surface area contributed by atoms with E-state index in [0.717, 1.165) is 38.8 Å². The zero-order valence-electron chi connectivity index (χ0n) is 13.9. The minimum atomic E-state index is -3.03. The predicted molar refractivity (Wildman–Crippen MR) is 83.1 cm³/mol. The van der Waals surface area contributed by atoms with Crippen LogP contribution in [0.15, 0.2) is 0 Å². The maximum absolute atomic E-state index is 6.07. The number of hydrogen-bond acceptors (Lipinski definition) is 5. The molecule has 0 heterocycles. The van der Waals surface area contributed by atoms with Crippen molar-refractivity contribution in [3.63, 3.8) is 0 Å². The Bertz CT molecular complexity index is 194. The second kappa shape index (κ2) is 12.7. The summed E-state index contributed by atoms with van der Waals surface area (Å²) in [4.78, 5) is 0. The lowest BCUT2D eigenvalue weighted by molar-refractivity contribution is -0.164. The van der Waals surface area contributed by atoms with Crippen LogP contribution in [0.1, 0.15) is 60.3 Å². The fourth-order valence-electron chi connectivity index (χ4n) is 1.76. The van der Waals surface area contributed by atoms with E-state index in [0.29, 0.717) is 19.8 Å². The van der Waals surface area contributed by atoms with Gasteiger partial charge < -0.3 is 13.3 Å². The lowest BCUT2D eigenvalue weighted by Crippen LogP contribution is -2.53. The van der Waals surface area contributed by atoms with E-state index in [2.05, 4.69) is 13.8 Å². The highest BCUT2D eigenvalue weighted by molar-refractivity contribution is 6.53. The molecule has 0 aromatic heterocycles. The molecule has 0 aliphatic rings. The highest BCUT2D eigenvalue weighted by Crippen LogP contribution is 2.15. The molecule has 0 radical (unpaired) electrons. The van der Waals surface area contributed by atoms with Crippen molar-refractivity contribution in [2.75, 3.05) is 32.9 Å². The van der Waals surface area contributed by atoms with Crippen LogP contribution in [0.2, 0.25) is 0 Å². The molecule has 0 amide bonds. The lowest BCUT2D eigenvalue weighted by atomic mass is 10.3. The summed E-state index contributed by atoms with van der Waals surface area (Å²) in [5.41, 5.74) is 0. The largest absolute Gasteiger partial charge is 0.697 e. The van der Waals surface area contributed by atoms with Crippen molar-refractivity contribution < 1.29 is 17.8 Å². The van der Waals surface area contributed by atoms with Gasteiger partial charge in [-0.3, -0.25) is 4.53 Å². The molecule has 0 unspecified atom stereocenters.